The maximum atomic E-state index is 12.2. The van der Waals surface area contributed by atoms with Crippen LogP contribution in [-0.2, 0) is 10.2 Å². The number of carbonyl (C=O) groups is 1. The number of aromatic nitrogens is 1. The van der Waals surface area contributed by atoms with Crippen LogP contribution >= 0.6 is 22.6 Å². The topological polar surface area (TPSA) is 66.2 Å². The molecule has 5 nitrogen and oxygen atoms in total. The number of amides is 1. The maximum Gasteiger partial charge on any atom is 0.410 e. The van der Waals surface area contributed by atoms with Gasteiger partial charge in [0.25, 0.3) is 0 Å². The van der Waals surface area contributed by atoms with E-state index in [2.05, 4.69) is 33.6 Å². The molecule has 0 saturated carbocycles. The fourth-order valence-corrected chi connectivity index (χ4v) is 3.28. The fraction of sp³-hybridized carbons (Fsp3) is 0.533. The van der Waals surface area contributed by atoms with Crippen molar-refractivity contribution < 1.29 is 9.53 Å². The number of halogens is 1. The van der Waals surface area contributed by atoms with Gasteiger partial charge in [0.05, 0.1) is 6.07 Å². The third kappa shape index (κ3) is 3.46. The normalized spacial score (nSPS) is 22.0. The summed E-state index contributed by atoms with van der Waals surface area (Å²) in [6, 6.07) is 4.26. The van der Waals surface area contributed by atoms with Crippen molar-refractivity contribution in [1.29, 1.82) is 5.26 Å². The van der Waals surface area contributed by atoms with Gasteiger partial charge in [0.15, 0.2) is 0 Å². The molecular formula is C15H18IN3O2. The van der Waals surface area contributed by atoms with Gasteiger partial charge in [-0.1, -0.05) is 0 Å². The molecule has 1 unspecified atom stereocenters. The molecule has 2 rings (SSSR count). The number of hydrogen-bond donors (Lipinski definition) is 0. The van der Waals surface area contributed by atoms with Crippen LogP contribution in [0.2, 0.25) is 0 Å². The number of likely N-dealkylation sites (tertiary alicyclic amines) is 1. The van der Waals surface area contributed by atoms with Crippen molar-refractivity contribution in [3.63, 3.8) is 0 Å². The summed E-state index contributed by atoms with van der Waals surface area (Å²) < 4.78 is 6.34. The molecule has 0 spiro atoms. The second-order valence-electron chi connectivity index (χ2n) is 6.20. The summed E-state index contributed by atoms with van der Waals surface area (Å²) in [5.74, 6) is 0. The highest BCUT2D eigenvalue weighted by atomic mass is 127. The highest BCUT2D eigenvalue weighted by Crippen LogP contribution is 2.36. The number of hydrogen-bond acceptors (Lipinski definition) is 4. The molecule has 21 heavy (non-hydrogen) atoms. The van der Waals surface area contributed by atoms with E-state index >= 15 is 0 Å². The second kappa shape index (κ2) is 5.79. The minimum Gasteiger partial charge on any atom is -0.444 e. The fourth-order valence-electron chi connectivity index (χ4n) is 2.43. The van der Waals surface area contributed by atoms with E-state index in [1.54, 1.807) is 17.3 Å². The molecular weight excluding hydrogens is 381 g/mol. The van der Waals surface area contributed by atoms with E-state index in [4.69, 9.17) is 4.74 Å². The summed E-state index contributed by atoms with van der Waals surface area (Å²) in [7, 11) is 0. The Balaban J connectivity index is 2.21. The quantitative estimate of drug-likeness (QED) is 0.681. The highest BCUT2D eigenvalue weighted by molar-refractivity contribution is 14.1. The Morgan fingerprint density at radius 2 is 2.29 bits per heavy atom. The first kappa shape index (κ1) is 16.0. The Labute approximate surface area is 138 Å². The monoisotopic (exact) mass is 399 g/mol. The first-order valence-corrected chi connectivity index (χ1v) is 7.84. The van der Waals surface area contributed by atoms with Gasteiger partial charge in [-0.15, -0.1) is 0 Å². The summed E-state index contributed by atoms with van der Waals surface area (Å²) in [6.45, 7) is 6.40. The first-order valence-electron chi connectivity index (χ1n) is 6.77. The molecule has 0 bridgehead atoms. The third-order valence-electron chi connectivity index (χ3n) is 3.42. The molecule has 1 aromatic rings. The lowest BCUT2D eigenvalue weighted by molar-refractivity contribution is 0.0288. The minimum atomic E-state index is -0.670. The van der Waals surface area contributed by atoms with Crippen molar-refractivity contribution in [2.45, 2.75) is 38.2 Å². The van der Waals surface area contributed by atoms with E-state index in [1.807, 2.05) is 26.8 Å². The molecule has 1 aromatic heterocycles. The Morgan fingerprint density at radius 3 is 2.86 bits per heavy atom. The molecule has 0 aromatic carbocycles. The number of carbonyl (C=O) groups excluding carboxylic acids is 1. The predicted molar refractivity (Wildman–Crippen MR) is 86.7 cm³/mol. The van der Waals surface area contributed by atoms with E-state index in [9.17, 15) is 10.1 Å². The molecule has 0 N–H and O–H groups in total. The van der Waals surface area contributed by atoms with E-state index in [-0.39, 0.29) is 6.09 Å². The van der Waals surface area contributed by atoms with Crippen molar-refractivity contribution in [1.82, 2.24) is 9.88 Å². The maximum absolute atomic E-state index is 12.2. The van der Waals surface area contributed by atoms with Crippen LogP contribution in [-0.4, -0.2) is 34.7 Å². The van der Waals surface area contributed by atoms with E-state index < -0.39 is 11.0 Å². The van der Waals surface area contributed by atoms with Crippen LogP contribution in [0.4, 0.5) is 4.79 Å². The second-order valence-corrected chi connectivity index (χ2v) is 7.36. The van der Waals surface area contributed by atoms with Crippen molar-refractivity contribution in [3.05, 3.63) is 27.6 Å². The Kier molecular flexibility index (Phi) is 4.42. The Bertz CT molecular complexity index is 591. The van der Waals surface area contributed by atoms with Gasteiger partial charge in [0.2, 0.25) is 0 Å². The summed E-state index contributed by atoms with van der Waals surface area (Å²) in [5, 5.41) is 9.67. The molecule has 1 saturated heterocycles. The summed E-state index contributed by atoms with van der Waals surface area (Å²) in [6.07, 6.45) is 3.68. The van der Waals surface area contributed by atoms with Gasteiger partial charge < -0.3 is 9.64 Å². The summed E-state index contributed by atoms with van der Waals surface area (Å²) in [5.41, 5.74) is -0.261. The first-order chi connectivity index (χ1) is 9.77. The van der Waals surface area contributed by atoms with Gasteiger partial charge in [-0.25, -0.2) is 4.79 Å². The van der Waals surface area contributed by atoms with Gasteiger partial charge >= 0.3 is 6.09 Å². The van der Waals surface area contributed by atoms with Crippen molar-refractivity contribution >= 4 is 28.7 Å². The molecule has 2 heterocycles. The van der Waals surface area contributed by atoms with Gasteiger partial charge in [0, 0.05) is 29.1 Å². The van der Waals surface area contributed by atoms with Crippen LogP contribution in [0, 0.1) is 14.9 Å². The van der Waals surface area contributed by atoms with E-state index in [0.717, 1.165) is 9.13 Å². The number of rotatable bonds is 1. The summed E-state index contributed by atoms with van der Waals surface area (Å²) >= 11 is 2.18. The summed E-state index contributed by atoms with van der Waals surface area (Å²) in [4.78, 5) is 17.8. The van der Waals surface area contributed by atoms with Crippen molar-refractivity contribution in [2.24, 2.45) is 0 Å². The molecule has 6 heteroatoms. The van der Waals surface area contributed by atoms with Crippen molar-refractivity contribution in [2.75, 3.05) is 13.1 Å². The lowest BCUT2D eigenvalue weighted by Crippen LogP contribution is -2.38. The SMILES string of the molecule is CC(C)(C)OC(=O)N1CCC(C#N)(c2ccncc2I)C1. The van der Waals surface area contributed by atoms with E-state index in [1.165, 1.54) is 0 Å². The van der Waals surface area contributed by atoms with Crippen LogP contribution < -0.4 is 0 Å². The Hall–Kier alpha value is -1.36. The number of pyridine rings is 1. The lowest BCUT2D eigenvalue weighted by Gasteiger charge is -2.26. The molecule has 0 aliphatic carbocycles. The number of nitriles is 1. The predicted octanol–water partition coefficient (Wildman–Crippen LogP) is 3.09. The van der Waals surface area contributed by atoms with Crippen molar-refractivity contribution in [3.8, 4) is 6.07 Å². The van der Waals surface area contributed by atoms with Crippen LogP contribution in [0.15, 0.2) is 18.5 Å². The van der Waals surface area contributed by atoms with Crippen LogP contribution in [0.1, 0.15) is 32.8 Å². The average molecular weight is 399 g/mol. The van der Waals surface area contributed by atoms with Gasteiger partial charge in [-0.05, 0) is 61.4 Å². The minimum absolute atomic E-state index is 0.358. The van der Waals surface area contributed by atoms with Crippen LogP contribution in [0.3, 0.4) is 0 Å². The molecule has 1 aliphatic heterocycles. The zero-order chi connectivity index (χ0) is 15.7. The molecule has 112 valence electrons. The standard InChI is InChI=1S/C15H18IN3O2/c1-14(2,3)21-13(20)19-7-5-15(9-17,10-19)11-4-6-18-8-12(11)16/h4,6,8H,5,7,10H2,1-3H3. The zero-order valence-electron chi connectivity index (χ0n) is 12.4. The molecule has 1 aliphatic rings. The molecule has 1 amide bonds. The molecule has 0 radical (unpaired) electrons. The average Bonchev–Trinajstić information content (AvgIpc) is 2.83. The van der Waals surface area contributed by atoms with Gasteiger partial charge in [-0.2, -0.15) is 5.26 Å². The molecule has 1 atom stereocenters. The molecule has 1 fully saturated rings. The smallest absolute Gasteiger partial charge is 0.410 e. The number of nitrogens with zero attached hydrogens (tertiary/aromatic N) is 3. The zero-order valence-corrected chi connectivity index (χ0v) is 14.5. The van der Waals surface area contributed by atoms with E-state index in [0.29, 0.717) is 19.5 Å². The van der Waals surface area contributed by atoms with Crippen LogP contribution in [0.25, 0.3) is 0 Å². The number of ether oxygens (including phenoxy) is 1. The Morgan fingerprint density at radius 1 is 1.57 bits per heavy atom. The van der Waals surface area contributed by atoms with Gasteiger partial charge in [0.1, 0.15) is 11.0 Å². The highest BCUT2D eigenvalue weighted by Gasteiger charge is 2.44. The third-order valence-corrected chi connectivity index (χ3v) is 4.28. The largest absolute Gasteiger partial charge is 0.444 e. The van der Waals surface area contributed by atoms with Crippen LogP contribution in [0.5, 0.6) is 0 Å². The van der Waals surface area contributed by atoms with Gasteiger partial charge in [-0.3, -0.25) is 4.98 Å². The lowest BCUT2D eigenvalue weighted by atomic mass is 9.82.